The highest BCUT2D eigenvalue weighted by Gasteiger charge is 2.32. The first kappa shape index (κ1) is 29.6. The summed E-state index contributed by atoms with van der Waals surface area (Å²) in [5, 5.41) is 24.9. The third-order valence-electron chi connectivity index (χ3n) is 7.41. The average molecular weight is 609 g/mol. The molecule has 224 valence electrons. The Labute approximate surface area is 259 Å². The molecule has 3 atom stereocenters. The number of aliphatic hydroxyl groups excluding tert-OH is 1. The molecule has 0 saturated carbocycles. The molecule has 6 rings (SSSR count). The number of tetrazole rings is 1. The van der Waals surface area contributed by atoms with E-state index >= 15 is 0 Å². The summed E-state index contributed by atoms with van der Waals surface area (Å²) in [7, 11) is 1.82. The number of carbonyl (C=O) groups is 1. The molecule has 0 spiro atoms. The first-order valence-corrected chi connectivity index (χ1v) is 15.3. The lowest BCUT2D eigenvalue weighted by Crippen LogP contribution is -2.31. The van der Waals surface area contributed by atoms with Crippen LogP contribution in [0.3, 0.4) is 0 Å². The quantitative estimate of drug-likeness (QED) is 0.210. The fourth-order valence-corrected chi connectivity index (χ4v) is 5.88. The zero-order valence-electron chi connectivity index (χ0n) is 24.1. The van der Waals surface area contributed by atoms with Crippen LogP contribution in [-0.4, -0.2) is 48.1 Å². The molecule has 10 nitrogen and oxygen atoms in total. The maximum Gasteiger partial charge on any atom is 0.253 e. The minimum atomic E-state index is -0.558. The number of pyridine rings is 1. The van der Waals surface area contributed by atoms with Gasteiger partial charge in [0.15, 0.2) is 6.29 Å². The van der Waals surface area contributed by atoms with Crippen molar-refractivity contribution in [3.8, 4) is 11.1 Å². The van der Waals surface area contributed by atoms with E-state index in [1.165, 1.54) is 0 Å². The number of benzene rings is 3. The topological polar surface area (TPSA) is 124 Å². The fraction of sp³-hybridized carbons (Fsp3) is 0.242. The van der Waals surface area contributed by atoms with Crippen molar-refractivity contribution in [3.63, 3.8) is 0 Å². The maximum absolute atomic E-state index is 12.4. The summed E-state index contributed by atoms with van der Waals surface area (Å²) in [6.45, 7) is 0.408. The minimum absolute atomic E-state index is 0.00215. The molecule has 0 bridgehead atoms. The van der Waals surface area contributed by atoms with Gasteiger partial charge in [-0.3, -0.25) is 9.78 Å². The van der Waals surface area contributed by atoms with Crippen molar-refractivity contribution in [2.24, 2.45) is 7.05 Å². The molecule has 1 fully saturated rings. The van der Waals surface area contributed by atoms with Gasteiger partial charge in [0, 0.05) is 43.7 Å². The van der Waals surface area contributed by atoms with Crippen LogP contribution in [-0.2, 0) is 29.7 Å². The Kier molecular flexibility index (Phi) is 9.37. The van der Waals surface area contributed by atoms with Crippen LogP contribution in [0.15, 0.2) is 102 Å². The lowest BCUT2D eigenvalue weighted by atomic mass is 9.99. The summed E-state index contributed by atoms with van der Waals surface area (Å²) < 4.78 is 14.6. The van der Waals surface area contributed by atoms with Crippen molar-refractivity contribution < 1.29 is 19.4 Å². The number of amides is 1. The third-order valence-corrected chi connectivity index (χ3v) is 8.56. The predicted molar refractivity (Wildman–Crippen MR) is 165 cm³/mol. The molecule has 1 amide bonds. The zero-order chi connectivity index (χ0) is 30.3. The largest absolute Gasteiger partial charge is 0.392 e. The summed E-state index contributed by atoms with van der Waals surface area (Å²) in [5.41, 5.74) is 6.43. The number of hydrogen-bond acceptors (Lipinski definition) is 9. The van der Waals surface area contributed by atoms with Crippen LogP contribution in [0.25, 0.3) is 11.1 Å². The van der Waals surface area contributed by atoms with Crippen LogP contribution in [0.4, 0.5) is 0 Å². The van der Waals surface area contributed by atoms with E-state index in [1.807, 2.05) is 55.6 Å². The summed E-state index contributed by atoms with van der Waals surface area (Å²) in [6.07, 6.45) is 3.04. The van der Waals surface area contributed by atoms with Gasteiger partial charge in [-0.2, -0.15) is 0 Å². The van der Waals surface area contributed by atoms with Gasteiger partial charge in [0.25, 0.3) is 5.91 Å². The highest BCUT2D eigenvalue weighted by atomic mass is 32.2. The van der Waals surface area contributed by atoms with Crippen molar-refractivity contribution in [1.82, 2.24) is 30.5 Å². The predicted octanol–water partition coefficient (Wildman–Crippen LogP) is 5.03. The molecule has 3 aromatic carbocycles. The normalized spacial score (nSPS) is 18.2. The van der Waals surface area contributed by atoms with E-state index < -0.39 is 6.29 Å². The molecule has 2 aromatic heterocycles. The molecule has 5 aromatic rings. The van der Waals surface area contributed by atoms with Crippen molar-refractivity contribution in [3.05, 3.63) is 125 Å². The Morgan fingerprint density at radius 3 is 2.52 bits per heavy atom. The number of nitrogens with zero attached hydrogens (tertiary/aromatic N) is 5. The molecule has 44 heavy (non-hydrogen) atoms. The first-order valence-electron chi connectivity index (χ1n) is 14.3. The standard InChI is InChI=1S/C33H32N6O4S/c1-39-33(36-37-38-39)44-21-29-17-30(25-9-7-22(20-40)8-10-25)43-32(42-29)26-13-11-24(12-14-26)27-5-2-4-23(16-27)18-35-31(41)28-6-3-15-34-19-28/h2-16,19,29-30,32,40H,17-18,20-21H2,1H3,(H,35,41)/t29-,30+,32+/m0/s1. The number of carbonyl (C=O) groups excluding carboxylic acids is 1. The number of hydrogen-bond donors (Lipinski definition) is 2. The van der Waals surface area contributed by atoms with E-state index in [0.29, 0.717) is 24.3 Å². The summed E-state index contributed by atoms with van der Waals surface area (Å²) in [5.74, 6) is 0.509. The van der Waals surface area contributed by atoms with Crippen LogP contribution in [0, 0.1) is 0 Å². The van der Waals surface area contributed by atoms with E-state index in [1.54, 1.807) is 41.0 Å². The highest BCUT2D eigenvalue weighted by molar-refractivity contribution is 7.99. The molecular weight excluding hydrogens is 576 g/mol. The van der Waals surface area contributed by atoms with E-state index in [0.717, 1.165) is 38.5 Å². The SMILES string of the molecule is Cn1nnnc1SC[C@@H]1C[C@H](c2ccc(CO)cc2)O[C@H](c2ccc(-c3cccc(CNC(=O)c4cccnc4)c3)cc2)O1. The first-order chi connectivity index (χ1) is 21.6. The molecule has 0 unspecified atom stereocenters. The second-order valence-electron chi connectivity index (χ2n) is 10.5. The maximum atomic E-state index is 12.4. The van der Waals surface area contributed by atoms with Gasteiger partial charge in [0.2, 0.25) is 5.16 Å². The molecule has 11 heteroatoms. The highest BCUT2D eigenvalue weighted by Crippen LogP contribution is 2.39. The number of rotatable bonds is 10. The molecule has 1 aliphatic rings. The van der Waals surface area contributed by atoms with Gasteiger partial charge >= 0.3 is 0 Å². The summed E-state index contributed by atoms with van der Waals surface area (Å²) in [4.78, 5) is 16.5. The van der Waals surface area contributed by atoms with Crippen LogP contribution in [0.2, 0.25) is 0 Å². The third kappa shape index (κ3) is 7.20. The minimum Gasteiger partial charge on any atom is -0.392 e. The van der Waals surface area contributed by atoms with E-state index in [9.17, 15) is 9.90 Å². The summed E-state index contributed by atoms with van der Waals surface area (Å²) in [6, 6.07) is 27.6. The molecule has 2 N–H and O–H groups in total. The van der Waals surface area contributed by atoms with Crippen LogP contribution < -0.4 is 5.32 Å². The monoisotopic (exact) mass is 608 g/mol. The van der Waals surface area contributed by atoms with Crippen molar-refractivity contribution in [2.45, 2.75) is 43.2 Å². The number of nitrogens with one attached hydrogen (secondary N) is 1. The van der Waals surface area contributed by atoms with Gasteiger partial charge in [-0.15, -0.1) is 5.10 Å². The molecule has 1 saturated heterocycles. The lowest BCUT2D eigenvalue weighted by Gasteiger charge is -2.36. The van der Waals surface area contributed by atoms with Gasteiger partial charge in [-0.05, 0) is 56.4 Å². The smallest absolute Gasteiger partial charge is 0.253 e. The van der Waals surface area contributed by atoms with E-state index in [2.05, 4.69) is 50.1 Å². The number of aliphatic hydroxyl groups is 1. The van der Waals surface area contributed by atoms with Crippen molar-refractivity contribution in [2.75, 3.05) is 5.75 Å². The second kappa shape index (κ2) is 13.9. The Morgan fingerprint density at radius 2 is 1.80 bits per heavy atom. The molecule has 1 aliphatic heterocycles. The average Bonchev–Trinajstić information content (AvgIpc) is 3.51. The lowest BCUT2D eigenvalue weighted by molar-refractivity contribution is -0.245. The van der Waals surface area contributed by atoms with Gasteiger partial charge in [-0.1, -0.05) is 78.5 Å². The Balaban J connectivity index is 1.16. The molecule has 3 heterocycles. The van der Waals surface area contributed by atoms with E-state index in [-0.39, 0.29) is 24.7 Å². The van der Waals surface area contributed by atoms with Gasteiger partial charge in [0.1, 0.15) is 0 Å². The van der Waals surface area contributed by atoms with Crippen LogP contribution in [0.1, 0.15) is 51.4 Å². The number of aryl methyl sites for hydroxylation is 1. The van der Waals surface area contributed by atoms with Crippen LogP contribution in [0.5, 0.6) is 0 Å². The fourth-order valence-electron chi connectivity index (χ4n) is 5.01. The Morgan fingerprint density at radius 1 is 0.977 bits per heavy atom. The number of aromatic nitrogens is 5. The summed E-state index contributed by atoms with van der Waals surface area (Å²) >= 11 is 1.55. The van der Waals surface area contributed by atoms with Gasteiger partial charge in [0.05, 0.1) is 24.4 Å². The Hall–Kier alpha value is -4.42. The number of ether oxygens (including phenoxy) is 2. The van der Waals surface area contributed by atoms with Crippen molar-refractivity contribution in [1.29, 1.82) is 0 Å². The van der Waals surface area contributed by atoms with E-state index in [4.69, 9.17) is 9.47 Å². The molecular formula is C33H32N6O4S. The number of thioether (sulfide) groups is 1. The van der Waals surface area contributed by atoms with Crippen LogP contribution >= 0.6 is 11.8 Å². The molecule has 0 aliphatic carbocycles. The molecule has 0 radical (unpaired) electrons. The van der Waals surface area contributed by atoms with Gasteiger partial charge in [-0.25, -0.2) is 4.68 Å². The second-order valence-corrected chi connectivity index (χ2v) is 11.5. The van der Waals surface area contributed by atoms with Crippen molar-refractivity contribution >= 4 is 17.7 Å². The zero-order valence-corrected chi connectivity index (χ0v) is 24.9. The van der Waals surface area contributed by atoms with Gasteiger partial charge < -0.3 is 19.9 Å². The Bertz CT molecular complexity index is 1680.